The summed E-state index contributed by atoms with van der Waals surface area (Å²) in [5.74, 6) is -1.46. The Labute approximate surface area is 123 Å². The lowest BCUT2D eigenvalue weighted by molar-refractivity contribution is -0.163. The Morgan fingerprint density at radius 2 is 1.67 bits per heavy atom. The standard InChI is InChI=1S/C17H18O4/c1-3-17(4-2,15(18)19)16(20)21-14-11-7-9-12-8-5-6-10-13(12)14/h5-11H,3-4H2,1-2H3,(H,18,19). The van der Waals surface area contributed by atoms with Gasteiger partial charge in [0.25, 0.3) is 0 Å². The molecular weight excluding hydrogens is 268 g/mol. The molecule has 0 unspecified atom stereocenters. The highest BCUT2D eigenvalue weighted by Gasteiger charge is 2.44. The number of aliphatic carboxylic acids is 1. The lowest BCUT2D eigenvalue weighted by atomic mass is 9.82. The van der Waals surface area contributed by atoms with Crippen molar-refractivity contribution >= 4 is 22.7 Å². The number of ether oxygens (including phenoxy) is 1. The largest absolute Gasteiger partial charge is 0.480 e. The van der Waals surface area contributed by atoms with Gasteiger partial charge in [0.2, 0.25) is 0 Å². The molecule has 0 aliphatic carbocycles. The molecule has 0 heterocycles. The van der Waals surface area contributed by atoms with Gasteiger partial charge in [0, 0.05) is 5.39 Å². The first-order valence-electron chi connectivity index (χ1n) is 6.98. The van der Waals surface area contributed by atoms with E-state index in [1.54, 1.807) is 26.0 Å². The van der Waals surface area contributed by atoms with Gasteiger partial charge in [-0.1, -0.05) is 50.2 Å². The predicted octanol–water partition coefficient (Wildman–Crippen LogP) is 3.64. The van der Waals surface area contributed by atoms with E-state index in [0.717, 1.165) is 10.8 Å². The van der Waals surface area contributed by atoms with E-state index in [1.807, 2.05) is 30.3 Å². The Morgan fingerprint density at radius 3 is 2.29 bits per heavy atom. The summed E-state index contributed by atoms with van der Waals surface area (Å²) in [7, 11) is 0. The van der Waals surface area contributed by atoms with Crippen LogP contribution in [0.4, 0.5) is 0 Å². The zero-order chi connectivity index (χ0) is 15.5. The molecule has 1 N–H and O–H groups in total. The molecule has 0 spiro atoms. The predicted molar refractivity (Wildman–Crippen MR) is 80.2 cm³/mol. The van der Waals surface area contributed by atoms with Crippen LogP contribution in [0.5, 0.6) is 5.75 Å². The third kappa shape index (κ3) is 2.61. The first-order chi connectivity index (χ1) is 10.0. The smallest absolute Gasteiger partial charge is 0.328 e. The summed E-state index contributed by atoms with van der Waals surface area (Å²) in [6.45, 7) is 3.37. The fraction of sp³-hybridized carbons (Fsp3) is 0.294. The van der Waals surface area contributed by atoms with E-state index in [2.05, 4.69) is 0 Å². The van der Waals surface area contributed by atoms with Crippen molar-refractivity contribution in [1.82, 2.24) is 0 Å². The number of hydrogen-bond acceptors (Lipinski definition) is 3. The van der Waals surface area contributed by atoms with Crippen LogP contribution in [0, 0.1) is 5.41 Å². The van der Waals surface area contributed by atoms with Crippen molar-refractivity contribution < 1.29 is 19.4 Å². The monoisotopic (exact) mass is 286 g/mol. The summed E-state index contributed by atoms with van der Waals surface area (Å²) in [6, 6.07) is 12.9. The van der Waals surface area contributed by atoms with E-state index in [4.69, 9.17) is 4.74 Å². The van der Waals surface area contributed by atoms with Crippen molar-refractivity contribution in [3.05, 3.63) is 42.5 Å². The van der Waals surface area contributed by atoms with Crippen molar-refractivity contribution in [2.75, 3.05) is 0 Å². The molecule has 0 bridgehead atoms. The van der Waals surface area contributed by atoms with Gasteiger partial charge in [-0.2, -0.15) is 0 Å². The normalized spacial score (nSPS) is 11.3. The van der Waals surface area contributed by atoms with Gasteiger partial charge in [0.15, 0.2) is 5.41 Å². The molecule has 2 aromatic carbocycles. The molecule has 110 valence electrons. The lowest BCUT2D eigenvalue weighted by Gasteiger charge is -2.24. The van der Waals surface area contributed by atoms with Crippen LogP contribution in [0.25, 0.3) is 10.8 Å². The Hall–Kier alpha value is -2.36. The number of benzene rings is 2. The van der Waals surface area contributed by atoms with Gasteiger partial charge >= 0.3 is 11.9 Å². The van der Waals surface area contributed by atoms with Gasteiger partial charge in [0.1, 0.15) is 5.75 Å². The molecule has 0 fully saturated rings. The third-order valence-corrected chi connectivity index (χ3v) is 3.96. The molecule has 4 heteroatoms. The number of fused-ring (bicyclic) bond motifs is 1. The third-order valence-electron chi connectivity index (χ3n) is 3.96. The van der Waals surface area contributed by atoms with Crippen LogP contribution in [0.2, 0.25) is 0 Å². The number of esters is 1. The minimum absolute atomic E-state index is 0.197. The summed E-state index contributed by atoms with van der Waals surface area (Å²) in [5, 5.41) is 11.1. The number of carbonyl (C=O) groups is 2. The fourth-order valence-corrected chi connectivity index (χ4v) is 2.41. The van der Waals surface area contributed by atoms with Crippen LogP contribution < -0.4 is 4.74 Å². The fourth-order valence-electron chi connectivity index (χ4n) is 2.41. The summed E-state index contributed by atoms with van der Waals surface area (Å²) in [5.41, 5.74) is -1.49. The summed E-state index contributed by atoms with van der Waals surface area (Å²) in [4.78, 5) is 23.9. The maximum absolute atomic E-state index is 12.4. The maximum atomic E-state index is 12.4. The van der Waals surface area contributed by atoms with E-state index in [0.29, 0.717) is 5.75 Å². The molecule has 0 aliphatic rings. The minimum atomic E-state index is -1.49. The van der Waals surface area contributed by atoms with Crippen LogP contribution in [0.15, 0.2) is 42.5 Å². The second-order valence-corrected chi connectivity index (χ2v) is 4.96. The Kier molecular flexibility index (Phi) is 4.26. The van der Waals surface area contributed by atoms with E-state index < -0.39 is 17.4 Å². The zero-order valence-electron chi connectivity index (χ0n) is 12.1. The van der Waals surface area contributed by atoms with Crippen LogP contribution in [0.3, 0.4) is 0 Å². The Morgan fingerprint density at radius 1 is 1.05 bits per heavy atom. The summed E-state index contributed by atoms with van der Waals surface area (Å²) >= 11 is 0. The molecule has 21 heavy (non-hydrogen) atoms. The molecule has 0 radical (unpaired) electrons. The highest BCUT2D eigenvalue weighted by atomic mass is 16.5. The van der Waals surface area contributed by atoms with Gasteiger partial charge in [-0.05, 0) is 24.3 Å². The second-order valence-electron chi connectivity index (χ2n) is 4.96. The highest BCUT2D eigenvalue weighted by molar-refractivity contribution is 6.01. The lowest BCUT2D eigenvalue weighted by Crippen LogP contribution is -2.41. The Balaban J connectivity index is 2.40. The van der Waals surface area contributed by atoms with E-state index in [1.165, 1.54) is 0 Å². The van der Waals surface area contributed by atoms with Crippen LogP contribution in [-0.2, 0) is 9.59 Å². The van der Waals surface area contributed by atoms with E-state index in [9.17, 15) is 14.7 Å². The number of carboxylic acid groups (broad SMARTS) is 1. The topological polar surface area (TPSA) is 63.6 Å². The van der Waals surface area contributed by atoms with E-state index in [-0.39, 0.29) is 12.8 Å². The van der Waals surface area contributed by atoms with Crippen LogP contribution in [0.1, 0.15) is 26.7 Å². The van der Waals surface area contributed by atoms with Crippen LogP contribution in [-0.4, -0.2) is 17.0 Å². The first kappa shape index (κ1) is 15.0. The van der Waals surface area contributed by atoms with Gasteiger partial charge in [0.05, 0.1) is 0 Å². The SMILES string of the molecule is CCC(CC)(C(=O)O)C(=O)Oc1cccc2ccccc12. The molecule has 2 aromatic rings. The molecule has 0 amide bonds. The summed E-state index contributed by atoms with van der Waals surface area (Å²) in [6.07, 6.45) is 0.394. The zero-order valence-corrected chi connectivity index (χ0v) is 12.1. The minimum Gasteiger partial charge on any atom is -0.480 e. The van der Waals surface area contributed by atoms with Gasteiger partial charge in [-0.15, -0.1) is 0 Å². The maximum Gasteiger partial charge on any atom is 0.328 e. The van der Waals surface area contributed by atoms with Gasteiger partial charge < -0.3 is 9.84 Å². The number of carboxylic acids is 1. The van der Waals surface area contributed by atoms with Crippen molar-refractivity contribution in [1.29, 1.82) is 0 Å². The Bertz CT molecular complexity index is 666. The molecular formula is C17H18O4. The molecule has 0 saturated carbocycles. The molecule has 2 rings (SSSR count). The van der Waals surface area contributed by atoms with Crippen molar-refractivity contribution in [3.8, 4) is 5.75 Å². The molecule has 0 aromatic heterocycles. The van der Waals surface area contributed by atoms with Gasteiger partial charge in [-0.3, -0.25) is 9.59 Å². The summed E-state index contributed by atoms with van der Waals surface area (Å²) < 4.78 is 5.42. The average Bonchev–Trinajstić information content (AvgIpc) is 2.49. The number of rotatable bonds is 5. The number of hydrogen-bond donors (Lipinski definition) is 1. The van der Waals surface area contributed by atoms with Gasteiger partial charge in [-0.25, -0.2) is 0 Å². The van der Waals surface area contributed by atoms with Crippen molar-refractivity contribution in [2.45, 2.75) is 26.7 Å². The van der Waals surface area contributed by atoms with Crippen LogP contribution >= 0.6 is 0 Å². The second kappa shape index (κ2) is 5.95. The number of carbonyl (C=O) groups excluding carboxylic acids is 1. The molecule has 0 aliphatic heterocycles. The van der Waals surface area contributed by atoms with Crippen molar-refractivity contribution in [3.63, 3.8) is 0 Å². The quantitative estimate of drug-likeness (QED) is 0.518. The molecule has 4 nitrogen and oxygen atoms in total. The average molecular weight is 286 g/mol. The molecule has 0 saturated heterocycles. The van der Waals surface area contributed by atoms with E-state index >= 15 is 0 Å². The first-order valence-corrected chi connectivity index (χ1v) is 6.98. The highest BCUT2D eigenvalue weighted by Crippen LogP contribution is 2.32. The molecule has 0 atom stereocenters. The van der Waals surface area contributed by atoms with Crippen molar-refractivity contribution in [2.24, 2.45) is 5.41 Å².